The van der Waals surface area contributed by atoms with Crippen molar-refractivity contribution >= 4 is 23.0 Å². The summed E-state index contributed by atoms with van der Waals surface area (Å²) in [5.41, 5.74) is 1.10. The Morgan fingerprint density at radius 2 is 2.12 bits per heavy atom. The Morgan fingerprint density at radius 1 is 1.25 bits per heavy atom. The molecule has 0 saturated carbocycles. The number of hydrogen-bond donors (Lipinski definition) is 0. The van der Waals surface area contributed by atoms with Crippen molar-refractivity contribution in [2.75, 3.05) is 13.7 Å². The molecule has 0 spiro atoms. The molecule has 1 amide bonds. The van der Waals surface area contributed by atoms with E-state index in [1.165, 1.54) is 11.3 Å². The fraction of sp³-hybridized carbons (Fsp3) is 0.368. The number of ketones is 1. The molecule has 2 heterocycles. The van der Waals surface area contributed by atoms with Gasteiger partial charge in [0.05, 0.1) is 18.0 Å². The van der Waals surface area contributed by atoms with Crippen LogP contribution in [0.5, 0.6) is 5.75 Å². The van der Waals surface area contributed by atoms with Crippen LogP contribution in [0.1, 0.15) is 47.0 Å². The van der Waals surface area contributed by atoms with Crippen LogP contribution in [0.15, 0.2) is 41.8 Å². The summed E-state index contributed by atoms with van der Waals surface area (Å²) < 4.78 is 5.28. The summed E-state index contributed by atoms with van der Waals surface area (Å²) in [6, 6.07) is 11.7. The Balaban J connectivity index is 1.64. The largest absolute Gasteiger partial charge is 0.497 e. The average Bonchev–Trinajstić information content (AvgIpc) is 3.30. The molecular formula is C19H21NO3S. The van der Waals surface area contributed by atoms with Crippen molar-refractivity contribution in [3.8, 4) is 5.75 Å². The zero-order chi connectivity index (χ0) is 16.9. The molecule has 0 N–H and O–H groups in total. The Kier molecular flexibility index (Phi) is 5.30. The molecule has 1 aromatic heterocycles. The first-order valence-corrected chi connectivity index (χ1v) is 9.07. The highest BCUT2D eigenvalue weighted by Gasteiger charge is 2.30. The van der Waals surface area contributed by atoms with Crippen LogP contribution in [-0.2, 0) is 4.79 Å². The van der Waals surface area contributed by atoms with E-state index in [4.69, 9.17) is 4.74 Å². The normalized spacial score (nSPS) is 17.0. The lowest BCUT2D eigenvalue weighted by Gasteiger charge is -2.25. The lowest BCUT2D eigenvalue weighted by Crippen LogP contribution is -2.30. The summed E-state index contributed by atoms with van der Waals surface area (Å²) in [4.78, 5) is 27.3. The number of nitrogens with zero attached hydrogens (tertiary/aromatic N) is 1. The molecule has 0 radical (unpaired) electrons. The predicted octanol–water partition coefficient (Wildman–Crippen LogP) is 4.08. The Bertz CT molecular complexity index is 711. The highest BCUT2D eigenvalue weighted by Crippen LogP contribution is 2.34. The second-order valence-corrected chi connectivity index (χ2v) is 6.87. The third kappa shape index (κ3) is 3.67. The maximum absolute atomic E-state index is 12.6. The number of carbonyl (C=O) groups is 2. The number of ether oxygens (including phenoxy) is 1. The van der Waals surface area contributed by atoms with E-state index in [1.54, 1.807) is 7.11 Å². The minimum atomic E-state index is 0.0514. The molecule has 1 saturated heterocycles. The fourth-order valence-electron chi connectivity index (χ4n) is 3.19. The number of rotatable bonds is 6. The van der Waals surface area contributed by atoms with Gasteiger partial charge in [0.25, 0.3) is 0 Å². The predicted molar refractivity (Wildman–Crippen MR) is 94.6 cm³/mol. The number of hydrogen-bond acceptors (Lipinski definition) is 4. The smallest absolute Gasteiger partial charge is 0.223 e. The van der Waals surface area contributed by atoms with Gasteiger partial charge in [-0.25, -0.2) is 0 Å². The van der Waals surface area contributed by atoms with E-state index in [2.05, 4.69) is 0 Å². The van der Waals surface area contributed by atoms with Crippen LogP contribution in [0.4, 0.5) is 0 Å². The van der Waals surface area contributed by atoms with Gasteiger partial charge in [-0.05, 0) is 42.0 Å². The van der Waals surface area contributed by atoms with Gasteiger partial charge in [-0.15, -0.1) is 11.3 Å². The molecule has 5 heteroatoms. The highest BCUT2D eigenvalue weighted by molar-refractivity contribution is 7.12. The minimum Gasteiger partial charge on any atom is -0.497 e. The van der Waals surface area contributed by atoms with Crippen LogP contribution in [-0.4, -0.2) is 30.2 Å². The molecule has 1 aliphatic rings. The Morgan fingerprint density at radius 3 is 2.88 bits per heavy atom. The SMILES string of the molecule is COc1cccc(C2CCCN2C(=O)CCC(=O)c2cccs2)c1. The maximum atomic E-state index is 12.6. The van der Waals surface area contributed by atoms with Gasteiger partial charge in [-0.3, -0.25) is 9.59 Å². The van der Waals surface area contributed by atoms with E-state index >= 15 is 0 Å². The minimum absolute atomic E-state index is 0.0514. The molecule has 0 bridgehead atoms. The van der Waals surface area contributed by atoms with Gasteiger partial charge in [0.1, 0.15) is 5.75 Å². The molecule has 0 aliphatic carbocycles. The first kappa shape index (κ1) is 16.7. The van der Waals surface area contributed by atoms with Crippen molar-refractivity contribution < 1.29 is 14.3 Å². The Hall–Kier alpha value is -2.14. The first-order valence-electron chi connectivity index (χ1n) is 8.19. The number of amides is 1. The summed E-state index contributed by atoms with van der Waals surface area (Å²) >= 11 is 1.43. The number of likely N-dealkylation sites (tertiary alicyclic amines) is 1. The zero-order valence-corrected chi connectivity index (χ0v) is 14.6. The summed E-state index contributed by atoms with van der Waals surface area (Å²) in [5.74, 6) is 0.917. The standard InChI is InChI=1S/C19H21NO3S/c1-23-15-6-2-5-14(13-15)16-7-3-11-20(16)19(22)10-9-17(21)18-8-4-12-24-18/h2,4-6,8,12-13,16H,3,7,9-11H2,1H3. The molecular weight excluding hydrogens is 322 g/mol. The molecule has 2 aromatic rings. The summed E-state index contributed by atoms with van der Waals surface area (Å²) in [6.07, 6.45) is 2.50. The zero-order valence-electron chi connectivity index (χ0n) is 13.7. The van der Waals surface area contributed by atoms with Gasteiger partial charge in [-0.1, -0.05) is 18.2 Å². The van der Waals surface area contributed by atoms with Crippen LogP contribution in [0.3, 0.4) is 0 Å². The number of thiophene rings is 1. The number of benzene rings is 1. The van der Waals surface area contributed by atoms with E-state index in [-0.39, 0.29) is 30.6 Å². The van der Waals surface area contributed by atoms with Crippen molar-refractivity contribution in [2.24, 2.45) is 0 Å². The van der Waals surface area contributed by atoms with Crippen LogP contribution in [0.2, 0.25) is 0 Å². The quantitative estimate of drug-likeness (QED) is 0.742. The third-order valence-corrected chi connectivity index (χ3v) is 5.32. The van der Waals surface area contributed by atoms with E-state index < -0.39 is 0 Å². The summed E-state index contributed by atoms with van der Waals surface area (Å²) in [6.45, 7) is 0.758. The molecule has 126 valence electrons. The monoisotopic (exact) mass is 343 g/mol. The van der Waals surface area contributed by atoms with Crippen molar-refractivity contribution in [3.63, 3.8) is 0 Å². The summed E-state index contributed by atoms with van der Waals surface area (Å²) in [5, 5.41) is 1.88. The van der Waals surface area contributed by atoms with Crippen molar-refractivity contribution in [1.29, 1.82) is 0 Å². The van der Waals surface area contributed by atoms with Gasteiger partial charge in [0.15, 0.2) is 5.78 Å². The van der Waals surface area contributed by atoms with Gasteiger partial charge in [-0.2, -0.15) is 0 Å². The van der Waals surface area contributed by atoms with Gasteiger partial charge < -0.3 is 9.64 Å². The van der Waals surface area contributed by atoms with Gasteiger partial charge in [0.2, 0.25) is 5.91 Å². The number of Topliss-reactive ketones (excluding diaryl/α,β-unsaturated/α-hetero) is 1. The molecule has 1 fully saturated rings. The fourth-order valence-corrected chi connectivity index (χ4v) is 3.88. The highest BCUT2D eigenvalue weighted by atomic mass is 32.1. The molecule has 4 nitrogen and oxygen atoms in total. The van der Waals surface area contributed by atoms with Gasteiger partial charge >= 0.3 is 0 Å². The lowest BCUT2D eigenvalue weighted by molar-refractivity contribution is -0.132. The van der Waals surface area contributed by atoms with E-state index in [0.717, 1.165) is 35.6 Å². The molecule has 1 atom stereocenters. The second-order valence-electron chi connectivity index (χ2n) is 5.92. The van der Waals surface area contributed by atoms with Gasteiger partial charge in [0, 0.05) is 19.4 Å². The van der Waals surface area contributed by atoms with Crippen LogP contribution in [0.25, 0.3) is 0 Å². The van der Waals surface area contributed by atoms with Crippen LogP contribution in [0, 0.1) is 0 Å². The number of methoxy groups -OCH3 is 1. The molecule has 24 heavy (non-hydrogen) atoms. The van der Waals surface area contributed by atoms with Crippen molar-refractivity contribution in [2.45, 2.75) is 31.7 Å². The molecule has 1 aliphatic heterocycles. The molecule has 1 unspecified atom stereocenters. The first-order chi connectivity index (χ1) is 11.7. The maximum Gasteiger partial charge on any atom is 0.223 e. The van der Waals surface area contributed by atoms with E-state index in [1.807, 2.05) is 46.7 Å². The Labute approximate surface area is 146 Å². The van der Waals surface area contributed by atoms with E-state index in [0.29, 0.717) is 0 Å². The molecule has 1 aromatic carbocycles. The molecule has 3 rings (SSSR count). The average molecular weight is 343 g/mol. The topological polar surface area (TPSA) is 46.6 Å². The second kappa shape index (κ2) is 7.62. The third-order valence-electron chi connectivity index (χ3n) is 4.41. The summed E-state index contributed by atoms with van der Waals surface area (Å²) in [7, 11) is 1.65. The van der Waals surface area contributed by atoms with E-state index in [9.17, 15) is 9.59 Å². The van der Waals surface area contributed by atoms with Crippen molar-refractivity contribution in [1.82, 2.24) is 4.90 Å². The van der Waals surface area contributed by atoms with Crippen LogP contribution >= 0.6 is 11.3 Å². The number of carbonyl (C=O) groups excluding carboxylic acids is 2. The van der Waals surface area contributed by atoms with Crippen molar-refractivity contribution in [3.05, 3.63) is 52.2 Å². The lowest BCUT2D eigenvalue weighted by atomic mass is 10.0. The van der Waals surface area contributed by atoms with Crippen LogP contribution < -0.4 is 4.74 Å².